The van der Waals surface area contributed by atoms with Gasteiger partial charge < -0.3 is 14.4 Å². The molecular weight excluding hydrogens is 710 g/mol. The summed E-state index contributed by atoms with van der Waals surface area (Å²) in [5.41, 5.74) is 1.61. The van der Waals surface area contributed by atoms with E-state index in [1.54, 1.807) is 36.7 Å². The first kappa shape index (κ1) is 37.0. The highest BCUT2D eigenvalue weighted by atomic mass is 32.2. The van der Waals surface area contributed by atoms with Crippen molar-refractivity contribution in [1.29, 1.82) is 0 Å². The van der Waals surface area contributed by atoms with Gasteiger partial charge in [-0.3, -0.25) is 14.8 Å². The molecule has 1 saturated carbocycles. The van der Waals surface area contributed by atoms with Gasteiger partial charge in [0, 0.05) is 30.8 Å². The van der Waals surface area contributed by atoms with Crippen molar-refractivity contribution >= 4 is 27.6 Å². The van der Waals surface area contributed by atoms with Crippen molar-refractivity contribution < 1.29 is 31.9 Å². The summed E-state index contributed by atoms with van der Waals surface area (Å²) in [6.45, 7) is -0.0832. The normalized spacial score (nSPS) is 17.7. The van der Waals surface area contributed by atoms with Crippen LogP contribution in [0.3, 0.4) is 0 Å². The molecule has 1 aliphatic heterocycles. The first-order valence-electron chi connectivity index (χ1n) is 18.0. The molecule has 0 unspecified atom stereocenters. The molecule has 13 heteroatoms. The summed E-state index contributed by atoms with van der Waals surface area (Å²) in [6, 6.07) is 26.8. The Kier molecular flexibility index (Phi) is 11.2. The molecular formula is C41H40FN5O6S. The smallest absolute Gasteiger partial charge is 0.338 e. The molecule has 11 nitrogen and oxygen atoms in total. The zero-order valence-corrected chi connectivity index (χ0v) is 30.4. The molecule has 0 spiro atoms. The number of hydrogen-bond acceptors (Lipinski definition) is 9. The molecule has 278 valence electrons. The first-order chi connectivity index (χ1) is 26.2. The van der Waals surface area contributed by atoms with E-state index in [9.17, 15) is 17.6 Å². The van der Waals surface area contributed by atoms with Crippen LogP contribution in [-0.4, -0.2) is 51.8 Å². The van der Waals surface area contributed by atoms with E-state index in [4.69, 9.17) is 19.4 Å². The fraction of sp³-hybridized carbons (Fsp3) is 0.293. The summed E-state index contributed by atoms with van der Waals surface area (Å²) in [7, 11) is -4.39. The number of aromatic nitrogens is 3. The number of nitrogens with zero attached hydrogens (tertiary/aromatic N) is 5. The van der Waals surface area contributed by atoms with Crippen LogP contribution in [0.1, 0.15) is 77.3 Å². The molecule has 1 aliphatic carbocycles. The maximum atomic E-state index is 15.1. The van der Waals surface area contributed by atoms with Gasteiger partial charge in [0.1, 0.15) is 11.5 Å². The van der Waals surface area contributed by atoms with E-state index < -0.39 is 33.6 Å². The summed E-state index contributed by atoms with van der Waals surface area (Å²) in [5.74, 6) is -1.72. The maximum absolute atomic E-state index is 15.1. The van der Waals surface area contributed by atoms with Gasteiger partial charge in [0.15, 0.2) is 0 Å². The number of amides is 1. The van der Waals surface area contributed by atoms with E-state index in [1.807, 2.05) is 60.7 Å². The lowest BCUT2D eigenvalue weighted by Gasteiger charge is -2.50. The highest BCUT2D eigenvalue weighted by molar-refractivity contribution is 7.89. The van der Waals surface area contributed by atoms with Crippen LogP contribution in [0.25, 0.3) is 0 Å². The topological polar surface area (TPSA) is 132 Å². The van der Waals surface area contributed by atoms with Gasteiger partial charge in [-0.25, -0.2) is 18.2 Å². The van der Waals surface area contributed by atoms with Crippen molar-refractivity contribution in [1.82, 2.24) is 19.3 Å². The maximum Gasteiger partial charge on any atom is 0.338 e. The Labute approximate surface area is 313 Å². The molecule has 3 heterocycles. The Bertz CT molecular complexity index is 2150. The number of esters is 1. The number of anilines is 1. The van der Waals surface area contributed by atoms with Crippen LogP contribution in [0.5, 0.6) is 0 Å². The molecule has 54 heavy (non-hydrogen) atoms. The predicted octanol–water partition coefficient (Wildman–Crippen LogP) is 6.96. The third-order valence-electron chi connectivity index (χ3n) is 9.94. The number of benzene rings is 3. The van der Waals surface area contributed by atoms with Crippen LogP contribution in [0.2, 0.25) is 0 Å². The lowest BCUT2D eigenvalue weighted by Crippen LogP contribution is -2.70. The summed E-state index contributed by atoms with van der Waals surface area (Å²) < 4.78 is 54.8. The predicted molar refractivity (Wildman–Crippen MR) is 198 cm³/mol. The summed E-state index contributed by atoms with van der Waals surface area (Å²) in [6.07, 6.45) is 9.96. The van der Waals surface area contributed by atoms with E-state index in [0.717, 1.165) is 65.1 Å². The highest BCUT2D eigenvalue weighted by Crippen LogP contribution is 2.41. The monoisotopic (exact) mass is 749 g/mol. The first-order valence-corrected chi connectivity index (χ1v) is 19.4. The fourth-order valence-electron chi connectivity index (χ4n) is 6.85. The van der Waals surface area contributed by atoms with Crippen molar-refractivity contribution in [2.45, 2.75) is 74.8 Å². The second kappa shape index (κ2) is 16.3. The van der Waals surface area contributed by atoms with E-state index >= 15 is 4.79 Å². The molecule has 0 bridgehead atoms. The zero-order chi connectivity index (χ0) is 37.5. The largest absolute Gasteiger partial charge is 0.457 e. The number of pyridine rings is 1. The van der Waals surface area contributed by atoms with Gasteiger partial charge in [-0.1, -0.05) is 79.9 Å². The molecule has 1 saturated heterocycles. The minimum atomic E-state index is -4.39. The number of halogens is 1. The fourth-order valence-corrected chi connectivity index (χ4v) is 8.47. The van der Waals surface area contributed by atoms with Gasteiger partial charge >= 0.3 is 5.97 Å². The lowest BCUT2D eigenvalue weighted by atomic mass is 9.87. The minimum Gasteiger partial charge on any atom is -0.457 e. The average molecular weight is 750 g/mol. The highest BCUT2D eigenvalue weighted by Gasteiger charge is 2.60. The Hall–Kier alpha value is -5.37. The molecule has 2 aliphatic rings. The standard InChI is InChI=1S/C41H40FN5O6S/c42-38-21-20-36(25-45-38)54(50,51)47-23-22-41(47,53-29-31-12-6-2-7-13-31)40(49)46(27-34-24-44-37(26-43-34)32-14-8-3-9-15-32)35-18-16-33(17-19-35)39(48)52-28-30-10-4-1-5-11-30/h1-2,4-7,10-13,16-21,24-26,32H,3,8-9,14-15,22-23,27-29H2/t41-/m1/s1. The average Bonchev–Trinajstić information content (AvgIpc) is 3.20. The second-order valence-electron chi connectivity index (χ2n) is 13.5. The van der Waals surface area contributed by atoms with Gasteiger partial charge in [-0.15, -0.1) is 0 Å². The van der Waals surface area contributed by atoms with Gasteiger partial charge in [-0.05, 0) is 60.4 Å². The summed E-state index contributed by atoms with van der Waals surface area (Å²) in [4.78, 5) is 42.2. The van der Waals surface area contributed by atoms with Crippen LogP contribution >= 0.6 is 0 Å². The van der Waals surface area contributed by atoms with E-state index in [-0.39, 0.29) is 43.2 Å². The van der Waals surface area contributed by atoms with Crippen molar-refractivity contribution in [2.24, 2.45) is 0 Å². The van der Waals surface area contributed by atoms with Crippen LogP contribution < -0.4 is 4.90 Å². The molecule has 5 aromatic rings. The van der Waals surface area contributed by atoms with Crippen molar-refractivity contribution in [2.75, 3.05) is 11.4 Å². The van der Waals surface area contributed by atoms with Gasteiger partial charge in [0.25, 0.3) is 5.91 Å². The van der Waals surface area contributed by atoms with Crippen molar-refractivity contribution in [3.63, 3.8) is 0 Å². The summed E-state index contributed by atoms with van der Waals surface area (Å²) in [5, 5.41) is 0. The molecule has 7 rings (SSSR count). The van der Waals surface area contributed by atoms with Crippen LogP contribution in [0, 0.1) is 5.95 Å². The number of rotatable bonds is 13. The molecule has 1 atom stereocenters. The van der Waals surface area contributed by atoms with Crippen LogP contribution in [0.15, 0.2) is 121 Å². The van der Waals surface area contributed by atoms with E-state index in [1.165, 1.54) is 11.3 Å². The Morgan fingerprint density at radius 1 is 0.796 bits per heavy atom. The molecule has 1 amide bonds. The molecule has 0 radical (unpaired) electrons. The van der Waals surface area contributed by atoms with Gasteiger partial charge in [0.05, 0.1) is 42.5 Å². The number of ether oxygens (including phenoxy) is 2. The summed E-state index contributed by atoms with van der Waals surface area (Å²) >= 11 is 0. The SMILES string of the molecule is O=C(OCc1ccccc1)c1ccc(N(Cc2cnc(C3CCCCC3)cn2)C(=O)[C@]2(OCc3ccccc3)CCN2S(=O)(=O)c2ccc(F)nc2)cc1. The quantitative estimate of drug-likeness (QED) is 0.0927. The van der Waals surface area contributed by atoms with Gasteiger partial charge in [0.2, 0.25) is 21.7 Å². The zero-order valence-electron chi connectivity index (χ0n) is 29.6. The Morgan fingerprint density at radius 3 is 2.07 bits per heavy atom. The number of carbonyl (C=O) groups excluding carboxylic acids is 2. The lowest BCUT2D eigenvalue weighted by molar-refractivity contribution is -0.194. The van der Waals surface area contributed by atoms with Gasteiger partial charge in [-0.2, -0.15) is 8.70 Å². The molecule has 0 N–H and O–H groups in total. The third-order valence-corrected chi connectivity index (χ3v) is 11.8. The number of hydrogen-bond donors (Lipinski definition) is 0. The molecule has 3 aromatic carbocycles. The Morgan fingerprint density at radius 2 is 1.48 bits per heavy atom. The van der Waals surface area contributed by atoms with Crippen molar-refractivity contribution in [3.05, 3.63) is 150 Å². The van der Waals surface area contributed by atoms with E-state index in [0.29, 0.717) is 17.3 Å². The number of sulfonamides is 1. The third kappa shape index (κ3) is 8.08. The number of carbonyl (C=O) groups is 2. The molecule has 2 aromatic heterocycles. The minimum absolute atomic E-state index is 0.0316. The molecule has 2 fully saturated rings. The van der Waals surface area contributed by atoms with Crippen LogP contribution in [-0.2, 0) is 44.1 Å². The van der Waals surface area contributed by atoms with Crippen LogP contribution in [0.4, 0.5) is 10.1 Å². The second-order valence-corrected chi connectivity index (χ2v) is 15.3. The van der Waals surface area contributed by atoms with E-state index in [2.05, 4.69) is 4.98 Å². The Balaban J connectivity index is 1.22. The van der Waals surface area contributed by atoms with Crippen molar-refractivity contribution in [3.8, 4) is 0 Å².